The summed E-state index contributed by atoms with van der Waals surface area (Å²) >= 11 is 0. The molecule has 2 aliphatic carbocycles. The van der Waals surface area contributed by atoms with Crippen molar-refractivity contribution in [1.29, 1.82) is 0 Å². The van der Waals surface area contributed by atoms with Gasteiger partial charge in [0, 0.05) is 42.6 Å². The van der Waals surface area contributed by atoms with E-state index in [9.17, 15) is 13.2 Å². The first-order valence-corrected chi connectivity index (χ1v) is 10.4. The Balaban J connectivity index is 1.55. The molecule has 0 saturated heterocycles. The summed E-state index contributed by atoms with van der Waals surface area (Å²) in [5, 5.41) is 13.5. The molecule has 2 unspecified atom stereocenters. The lowest BCUT2D eigenvalue weighted by molar-refractivity contribution is -0.137. The van der Waals surface area contributed by atoms with Crippen molar-refractivity contribution in [3.8, 4) is 11.3 Å². The van der Waals surface area contributed by atoms with Gasteiger partial charge in [0.25, 0.3) is 0 Å². The minimum atomic E-state index is -4.56. The largest absolute Gasteiger partial charge is 0.419 e. The van der Waals surface area contributed by atoms with Gasteiger partial charge in [-0.25, -0.2) is 4.98 Å². The minimum absolute atomic E-state index is 0.0931. The first-order valence-electron chi connectivity index (χ1n) is 10.4. The lowest BCUT2D eigenvalue weighted by Gasteiger charge is -2.17. The van der Waals surface area contributed by atoms with Crippen molar-refractivity contribution in [3.05, 3.63) is 29.6 Å². The highest BCUT2D eigenvalue weighted by Gasteiger charge is 2.58. The molecule has 0 bridgehead atoms. The predicted molar refractivity (Wildman–Crippen MR) is 106 cm³/mol. The molecule has 2 aliphatic rings. The molecule has 0 spiro atoms. The summed E-state index contributed by atoms with van der Waals surface area (Å²) in [6, 6.07) is 3.02. The maximum atomic E-state index is 13.2. The molecule has 0 aromatic carbocycles. The van der Waals surface area contributed by atoms with Crippen molar-refractivity contribution in [2.24, 2.45) is 11.8 Å². The fraction of sp³-hybridized carbons (Fsp3) is 0.619. The molecule has 9 heteroatoms. The maximum absolute atomic E-state index is 13.2. The monoisotopic (exact) mass is 424 g/mol. The van der Waals surface area contributed by atoms with Gasteiger partial charge in [-0.15, -0.1) is 0 Å². The molecule has 4 atom stereocenters. The van der Waals surface area contributed by atoms with Gasteiger partial charge in [0.05, 0.1) is 17.4 Å². The number of nitrogens with zero attached hydrogens (tertiary/aromatic N) is 3. The first-order chi connectivity index (χ1) is 14.2. The highest BCUT2D eigenvalue weighted by molar-refractivity contribution is 5.63. The van der Waals surface area contributed by atoms with Crippen LogP contribution in [0.2, 0.25) is 0 Å². The van der Waals surface area contributed by atoms with Crippen LogP contribution in [0, 0.1) is 11.8 Å². The topological polar surface area (TPSA) is 86.2 Å². The molecule has 6 nitrogen and oxygen atoms in total. The van der Waals surface area contributed by atoms with Gasteiger partial charge in [-0.1, -0.05) is 0 Å². The number of anilines is 1. The van der Waals surface area contributed by atoms with Gasteiger partial charge in [0.2, 0.25) is 0 Å². The Morgan fingerprint density at radius 2 is 1.97 bits per heavy atom. The van der Waals surface area contributed by atoms with Crippen molar-refractivity contribution in [3.63, 3.8) is 0 Å². The number of aromatic nitrogens is 3. The van der Waals surface area contributed by atoms with E-state index in [-0.39, 0.29) is 18.8 Å². The zero-order valence-electron chi connectivity index (χ0n) is 17.1. The molecule has 30 heavy (non-hydrogen) atoms. The number of ether oxygens (including phenoxy) is 1. The van der Waals surface area contributed by atoms with Crippen molar-refractivity contribution in [2.75, 3.05) is 18.9 Å². The smallest absolute Gasteiger partial charge is 0.396 e. The van der Waals surface area contributed by atoms with Crippen LogP contribution < -0.4 is 5.73 Å². The van der Waals surface area contributed by atoms with E-state index in [4.69, 9.17) is 15.6 Å². The molecule has 0 amide bonds. The van der Waals surface area contributed by atoms with E-state index in [1.807, 2.05) is 24.6 Å². The average Bonchev–Trinajstić information content (AvgIpc) is 3.04. The molecule has 2 saturated carbocycles. The van der Waals surface area contributed by atoms with Gasteiger partial charge >= 0.3 is 6.18 Å². The van der Waals surface area contributed by atoms with Crippen LogP contribution in [0.25, 0.3) is 11.3 Å². The van der Waals surface area contributed by atoms with Crippen molar-refractivity contribution >= 4 is 5.82 Å². The number of hydrogen-bond acceptors (Lipinski definition) is 5. The Morgan fingerprint density at radius 1 is 1.27 bits per heavy atom. The summed E-state index contributed by atoms with van der Waals surface area (Å²) in [6.45, 7) is 4.74. The number of halogens is 3. The number of aliphatic hydroxyl groups excluding tert-OH is 1. The second kappa shape index (κ2) is 7.85. The molecular weight excluding hydrogens is 397 g/mol. The van der Waals surface area contributed by atoms with E-state index in [0.29, 0.717) is 42.0 Å². The highest BCUT2D eigenvalue weighted by atomic mass is 19.4. The number of hydrogen-bond donors (Lipinski definition) is 2. The molecule has 4 rings (SSSR count). The average molecular weight is 424 g/mol. The van der Waals surface area contributed by atoms with Crippen LogP contribution in [0.1, 0.15) is 56.3 Å². The Labute approximate surface area is 173 Å². The highest BCUT2D eigenvalue weighted by Crippen LogP contribution is 2.64. The summed E-state index contributed by atoms with van der Waals surface area (Å²) in [5.41, 5.74) is 6.35. The Bertz CT molecular complexity index is 900. The lowest BCUT2D eigenvalue weighted by atomic mass is 10.0. The molecule has 3 N–H and O–H groups in total. The first kappa shape index (κ1) is 21.1. The van der Waals surface area contributed by atoms with Crippen LogP contribution in [0.5, 0.6) is 0 Å². The van der Waals surface area contributed by atoms with E-state index in [0.717, 1.165) is 24.6 Å². The van der Waals surface area contributed by atoms with Crippen LogP contribution in [-0.2, 0) is 10.9 Å². The van der Waals surface area contributed by atoms with E-state index < -0.39 is 17.6 Å². The van der Waals surface area contributed by atoms with Gasteiger partial charge in [0.1, 0.15) is 5.82 Å². The molecule has 0 radical (unpaired) electrons. The normalized spacial score (nSPS) is 25.7. The van der Waals surface area contributed by atoms with Gasteiger partial charge in [0.15, 0.2) is 0 Å². The molecule has 0 aliphatic heterocycles. The van der Waals surface area contributed by atoms with Crippen LogP contribution in [0.3, 0.4) is 0 Å². The zero-order valence-corrected chi connectivity index (χ0v) is 17.1. The number of pyridine rings is 1. The minimum Gasteiger partial charge on any atom is -0.396 e. The van der Waals surface area contributed by atoms with E-state index in [1.165, 1.54) is 6.20 Å². The number of rotatable bonds is 7. The molecule has 164 valence electrons. The number of nitrogen functional groups attached to an aromatic ring is 1. The fourth-order valence-corrected chi connectivity index (χ4v) is 4.74. The Hall–Kier alpha value is -2.13. The van der Waals surface area contributed by atoms with Gasteiger partial charge in [-0.3, -0.25) is 4.68 Å². The molecule has 2 aromatic heterocycles. The zero-order chi connectivity index (χ0) is 21.6. The maximum Gasteiger partial charge on any atom is 0.419 e. The third-order valence-electron chi connectivity index (χ3n) is 6.17. The third-order valence-corrected chi connectivity index (χ3v) is 6.17. The van der Waals surface area contributed by atoms with Gasteiger partial charge in [-0.05, 0) is 57.1 Å². The van der Waals surface area contributed by atoms with E-state index in [1.54, 1.807) is 0 Å². The number of alkyl halides is 3. The summed E-state index contributed by atoms with van der Waals surface area (Å²) in [4.78, 5) is 3.74. The van der Waals surface area contributed by atoms with Crippen molar-refractivity contribution < 1.29 is 23.0 Å². The van der Waals surface area contributed by atoms with Crippen LogP contribution in [-0.4, -0.2) is 39.2 Å². The van der Waals surface area contributed by atoms with Crippen molar-refractivity contribution in [1.82, 2.24) is 14.8 Å². The summed E-state index contributed by atoms with van der Waals surface area (Å²) in [7, 11) is 0. The molecule has 2 heterocycles. The fourth-order valence-electron chi connectivity index (χ4n) is 4.74. The van der Waals surface area contributed by atoms with E-state index >= 15 is 0 Å². The summed E-state index contributed by atoms with van der Waals surface area (Å²) < 4.78 is 47.4. The van der Waals surface area contributed by atoms with E-state index in [2.05, 4.69) is 10.1 Å². The number of aliphatic hydroxyl groups is 1. The second-order valence-corrected chi connectivity index (χ2v) is 8.54. The predicted octanol–water partition coefficient (Wildman–Crippen LogP) is 4.02. The standard InChI is InChI=1S/C21H27F3N4O2/c1-11(2)28-18(19-14-7-13(8-15(14)19)30-5-3-4-29)9-17(27-28)12-6-16(21(22,23)24)20(25)26-10-12/h6,9-11,13-15,19,29H,3-5,7-8H2,1-2H3,(H2,25,26)/t13?,14-,15+,19?. The Kier molecular flexibility index (Phi) is 5.52. The van der Waals surface area contributed by atoms with Crippen LogP contribution in [0.4, 0.5) is 19.0 Å². The van der Waals surface area contributed by atoms with Gasteiger partial charge in [-0.2, -0.15) is 18.3 Å². The summed E-state index contributed by atoms with van der Waals surface area (Å²) in [6.07, 6.45) is -0.390. The van der Waals surface area contributed by atoms with Crippen molar-refractivity contribution in [2.45, 2.75) is 57.3 Å². The molecular formula is C21H27F3N4O2. The van der Waals surface area contributed by atoms with Crippen LogP contribution >= 0.6 is 0 Å². The summed E-state index contributed by atoms with van der Waals surface area (Å²) in [5.74, 6) is 0.858. The molecule has 2 aromatic rings. The lowest BCUT2D eigenvalue weighted by Crippen LogP contribution is -2.15. The Morgan fingerprint density at radius 3 is 2.57 bits per heavy atom. The van der Waals surface area contributed by atoms with Gasteiger partial charge < -0.3 is 15.6 Å². The quantitative estimate of drug-likeness (QED) is 0.656. The van der Waals surface area contributed by atoms with Crippen LogP contribution in [0.15, 0.2) is 18.3 Å². The second-order valence-electron chi connectivity index (χ2n) is 8.54. The SMILES string of the molecule is CC(C)n1nc(-c2cnc(N)c(C(F)(F)F)c2)cc1C1[C@H]2CC(OCCCO)C[C@@H]12. The number of nitrogens with two attached hydrogens (primary N) is 1. The molecule has 2 fully saturated rings. The third kappa shape index (κ3) is 3.92. The number of fused-ring (bicyclic) bond motifs is 1.